The predicted octanol–water partition coefficient (Wildman–Crippen LogP) is 3.23. The summed E-state index contributed by atoms with van der Waals surface area (Å²) in [6.45, 7) is 2.57. The molecular weight excluding hydrogens is 326 g/mol. The van der Waals surface area contributed by atoms with Gasteiger partial charge in [0.05, 0.1) is 9.70 Å². The van der Waals surface area contributed by atoms with Crippen molar-refractivity contribution in [2.45, 2.75) is 19.4 Å². The van der Waals surface area contributed by atoms with Crippen LogP contribution in [0.1, 0.15) is 17.7 Å². The number of carbonyl (C=O) groups is 1. The van der Waals surface area contributed by atoms with E-state index < -0.39 is 5.97 Å². The molecule has 1 aliphatic rings. The van der Waals surface area contributed by atoms with E-state index in [2.05, 4.69) is 26.9 Å². The Hall–Kier alpha value is -0.100. The molecule has 1 N–H and O–H groups in total. The number of likely N-dealkylation sites (tertiary alicyclic amines) is 1. The lowest BCUT2D eigenvalue weighted by molar-refractivity contribution is -0.143. The van der Waals surface area contributed by atoms with Crippen LogP contribution in [-0.4, -0.2) is 29.1 Å². The maximum Gasteiger partial charge on any atom is 0.307 e. The Morgan fingerprint density at radius 2 is 2.35 bits per heavy atom. The molecule has 1 fully saturated rings. The van der Waals surface area contributed by atoms with E-state index >= 15 is 0 Å². The fourth-order valence-electron chi connectivity index (χ4n) is 2.06. The van der Waals surface area contributed by atoms with E-state index in [1.807, 2.05) is 6.07 Å². The Balaban J connectivity index is 0.00000144. The van der Waals surface area contributed by atoms with Crippen molar-refractivity contribution in [2.24, 2.45) is 5.92 Å². The molecule has 0 amide bonds. The Labute approximate surface area is 119 Å². The highest BCUT2D eigenvalue weighted by molar-refractivity contribution is 9.11. The van der Waals surface area contributed by atoms with Crippen molar-refractivity contribution in [1.82, 2.24) is 4.90 Å². The zero-order chi connectivity index (χ0) is 11.5. The Morgan fingerprint density at radius 1 is 1.59 bits per heavy atom. The number of carboxylic acids is 1. The topological polar surface area (TPSA) is 40.5 Å². The van der Waals surface area contributed by atoms with Gasteiger partial charge in [-0.1, -0.05) is 0 Å². The fourth-order valence-corrected chi connectivity index (χ4v) is 3.58. The van der Waals surface area contributed by atoms with Crippen molar-refractivity contribution < 1.29 is 9.90 Å². The van der Waals surface area contributed by atoms with Crippen molar-refractivity contribution in [3.63, 3.8) is 0 Å². The first-order chi connectivity index (χ1) is 7.65. The molecule has 0 aliphatic carbocycles. The number of halogens is 2. The van der Waals surface area contributed by atoms with E-state index in [0.717, 1.165) is 29.7 Å². The Bertz CT molecular complexity index is 385. The summed E-state index contributed by atoms with van der Waals surface area (Å²) in [4.78, 5) is 14.5. The van der Waals surface area contributed by atoms with Crippen molar-refractivity contribution in [1.29, 1.82) is 0 Å². The number of piperidine rings is 1. The lowest BCUT2D eigenvalue weighted by Crippen LogP contribution is -2.37. The summed E-state index contributed by atoms with van der Waals surface area (Å²) in [5, 5.41) is 8.99. The van der Waals surface area contributed by atoms with Gasteiger partial charge in [-0.05, 0) is 47.4 Å². The molecule has 1 aliphatic heterocycles. The summed E-state index contributed by atoms with van der Waals surface area (Å²) >= 11 is 5.16. The molecule has 1 aromatic rings. The number of carboxylic acid groups (broad SMARTS) is 1. The lowest BCUT2D eigenvalue weighted by Gasteiger charge is -2.30. The standard InChI is InChI=1S/C11H14BrNO2S.ClH/c12-10-4-3-9(16-10)7-13-5-1-2-8(6-13)11(14)15;/h3-4,8H,1-2,5-7H2,(H,14,15);1H. The van der Waals surface area contributed by atoms with Crippen LogP contribution in [0.4, 0.5) is 0 Å². The molecule has 96 valence electrons. The molecule has 0 aromatic carbocycles. The van der Waals surface area contributed by atoms with Crippen molar-refractivity contribution in [3.05, 3.63) is 20.8 Å². The van der Waals surface area contributed by atoms with Gasteiger partial charge in [0.25, 0.3) is 0 Å². The minimum Gasteiger partial charge on any atom is -0.481 e. The molecule has 0 bridgehead atoms. The third-order valence-electron chi connectivity index (χ3n) is 2.86. The molecule has 0 spiro atoms. The van der Waals surface area contributed by atoms with Gasteiger partial charge in [-0.25, -0.2) is 0 Å². The molecule has 0 saturated carbocycles. The van der Waals surface area contributed by atoms with E-state index in [-0.39, 0.29) is 18.3 Å². The second-order valence-corrected chi connectivity index (χ2v) is 6.67. The maximum absolute atomic E-state index is 10.9. The van der Waals surface area contributed by atoms with Crippen LogP contribution in [0.15, 0.2) is 15.9 Å². The Morgan fingerprint density at radius 3 is 2.94 bits per heavy atom. The number of aliphatic carboxylic acids is 1. The monoisotopic (exact) mass is 339 g/mol. The average molecular weight is 341 g/mol. The van der Waals surface area contributed by atoms with Crippen molar-refractivity contribution in [2.75, 3.05) is 13.1 Å². The summed E-state index contributed by atoms with van der Waals surface area (Å²) in [7, 11) is 0. The number of hydrogen-bond acceptors (Lipinski definition) is 3. The van der Waals surface area contributed by atoms with E-state index in [0.29, 0.717) is 6.54 Å². The van der Waals surface area contributed by atoms with Gasteiger partial charge < -0.3 is 5.11 Å². The van der Waals surface area contributed by atoms with Crippen LogP contribution in [0.3, 0.4) is 0 Å². The molecule has 2 heterocycles. The van der Waals surface area contributed by atoms with E-state index in [1.165, 1.54) is 4.88 Å². The summed E-state index contributed by atoms with van der Waals surface area (Å²) in [5.41, 5.74) is 0. The second-order valence-electron chi connectivity index (χ2n) is 4.12. The highest BCUT2D eigenvalue weighted by Crippen LogP contribution is 2.25. The number of thiophene rings is 1. The maximum atomic E-state index is 10.9. The second kappa shape index (κ2) is 6.73. The summed E-state index contributed by atoms with van der Waals surface area (Å²) in [5.74, 6) is -0.839. The molecule has 1 unspecified atom stereocenters. The zero-order valence-electron chi connectivity index (χ0n) is 9.26. The van der Waals surface area contributed by atoms with Crippen molar-refractivity contribution >= 4 is 45.6 Å². The van der Waals surface area contributed by atoms with Crippen LogP contribution in [0.2, 0.25) is 0 Å². The average Bonchev–Trinajstić information content (AvgIpc) is 2.64. The van der Waals surface area contributed by atoms with Crippen LogP contribution in [-0.2, 0) is 11.3 Å². The van der Waals surface area contributed by atoms with Crippen LogP contribution < -0.4 is 0 Å². The minimum atomic E-state index is -0.655. The highest BCUT2D eigenvalue weighted by Gasteiger charge is 2.25. The normalized spacial score (nSPS) is 20.9. The Kier molecular flexibility index (Phi) is 5.92. The largest absolute Gasteiger partial charge is 0.481 e. The third-order valence-corrected chi connectivity index (χ3v) is 4.47. The van der Waals surface area contributed by atoms with Gasteiger partial charge in [0.15, 0.2) is 0 Å². The SMILES string of the molecule is Cl.O=C(O)C1CCCN(Cc2ccc(Br)s2)C1. The van der Waals surface area contributed by atoms with Gasteiger partial charge in [0.1, 0.15) is 0 Å². The van der Waals surface area contributed by atoms with Crippen LogP contribution in [0.25, 0.3) is 0 Å². The van der Waals surface area contributed by atoms with E-state index in [4.69, 9.17) is 5.11 Å². The molecular formula is C11H15BrClNO2S. The quantitative estimate of drug-likeness (QED) is 0.918. The van der Waals surface area contributed by atoms with Crippen LogP contribution in [0, 0.1) is 5.92 Å². The smallest absolute Gasteiger partial charge is 0.307 e. The predicted molar refractivity (Wildman–Crippen MR) is 74.9 cm³/mol. The molecule has 1 aromatic heterocycles. The first kappa shape index (κ1) is 15.0. The molecule has 6 heteroatoms. The third kappa shape index (κ3) is 4.25. The van der Waals surface area contributed by atoms with Crippen LogP contribution >= 0.6 is 39.7 Å². The van der Waals surface area contributed by atoms with Gasteiger partial charge in [0, 0.05) is 18.0 Å². The molecule has 17 heavy (non-hydrogen) atoms. The van der Waals surface area contributed by atoms with Gasteiger partial charge in [0.2, 0.25) is 0 Å². The van der Waals surface area contributed by atoms with Gasteiger partial charge in [-0.15, -0.1) is 23.7 Å². The van der Waals surface area contributed by atoms with Gasteiger partial charge in [-0.3, -0.25) is 9.69 Å². The fraction of sp³-hybridized carbons (Fsp3) is 0.545. The molecule has 3 nitrogen and oxygen atoms in total. The molecule has 2 rings (SSSR count). The molecule has 1 atom stereocenters. The minimum absolute atomic E-state index is 0. The molecule has 0 radical (unpaired) electrons. The summed E-state index contributed by atoms with van der Waals surface area (Å²) in [6.07, 6.45) is 1.81. The highest BCUT2D eigenvalue weighted by atomic mass is 79.9. The first-order valence-corrected chi connectivity index (χ1v) is 6.95. The van der Waals surface area contributed by atoms with Gasteiger partial charge in [-0.2, -0.15) is 0 Å². The van der Waals surface area contributed by atoms with E-state index in [1.54, 1.807) is 11.3 Å². The number of nitrogens with zero attached hydrogens (tertiary/aromatic N) is 1. The number of rotatable bonds is 3. The number of hydrogen-bond donors (Lipinski definition) is 1. The lowest BCUT2D eigenvalue weighted by atomic mass is 9.98. The molecule has 1 saturated heterocycles. The van der Waals surface area contributed by atoms with Crippen LogP contribution in [0.5, 0.6) is 0 Å². The summed E-state index contributed by atoms with van der Waals surface area (Å²) < 4.78 is 1.13. The first-order valence-electron chi connectivity index (χ1n) is 5.34. The van der Waals surface area contributed by atoms with Crippen molar-refractivity contribution in [3.8, 4) is 0 Å². The van der Waals surface area contributed by atoms with Gasteiger partial charge >= 0.3 is 5.97 Å². The summed E-state index contributed by atoms with van der Waals surface area (Å²) in [6, 6.07) is 4.14. The van der Waals surface area contributed by atoms with E-state index in [9.17, 15) is 4.79 Å². The zero-order valence-corrected chi connectivity index (χ0v) is 12.5.